The van der Waals surface area contributed by atoms with Gasteiger partial charge in [0, 0.05) is 10.7 Å². The maximum absolute atomic E-state index is 6.47. The van der Waals surface area contributed by atoms with Gasteiger partial charge in [0.15, 0.2) is 11.5 Å². The minimum atomic E-state index is 0.407. The number of benzene rings is 3. The molecule has 3 aromatic carbocycles. The molecule has 0 aromatic heterocycles. The van der Waals surface area contributed by atoms with Crippen LogP contribution in [0.15, 0.2) is 76.2 Å². The van der Waals surface area contributed by atoms with E-state index < -0.39 is 0 Å². The van der Waals surface area contributed by atoms with Crippen LogP contribution >= 0.6 is 27.5 Å². The second-order valence-electron chi connectivity index (χ2n) is 5.77. The minimum absolute atomic E-state index is 0.407. The first-order valence-corrected chi connectivity index (χ1v) is 9.75. The highest BCUT2D eigenvalue weighted by atomic mass is 79.9. The quantitative estimate of drug-likeness (QED) is 0.374. The predicted molar refractivity (Wildman–Crippen MR) is 115 cm³/mol. The van der Waals surface area contributed by atoms with E-state index in [9.17, 15) is 0 Å². The highest BCUT2D eigenvalue weighted by Gasteiger charge is 2.12. The highest BCUT2D eigenvalue weighted by molar-refractivity contribution is 9.10. The molecule has 0 saturated heterocycles. The summed E-state index contributed by atoms with van der Waals surface area (Å²) in [6.45, 7) is 2.85. The number of aliphatic imine (C=N–C) groups is 1. The number of nitrogens with zero attached hydrogens (tertiary/aromatic N) is 1. The van der Waals surface area contributed by atoms with E-state index in [2.05, 4.69) is 20.9 Å². The van der Waals surface area contributed by atoms with Crippen LogP contribution in [0.4, 0.5) is 5.69 Å². The van der Waals surface area contributed by atoms with Gasteiger partial charge in [0.05, 0.1) is 17.3 Å². The van der Waals surface area contributed by atoms with E-state index in [1.165, 1.54) is 0 Å². The number of hydrogen-bond acceptors (Lipinski definition) is 3. The van der Waals surface area contributed by atoms with Gasteiger partial charge in [-0.25, -0.2) is 0 Å². The van der Waals surface area contributed by atoms with Gasteiger partial charge in [0.25, 0.3) is 0 Å². The van der Waals surface area contributed by atoms with Gasteiger partial charge in [-0.1, -0.05) is 57.9 Å². The van der Waals surface area contributed by atoms with E-state index in [1.807, 2.05) is 73.7 Å². The number of para-hydroxylation sites is 1. The molecule has 0 spiro atoms. The van der Waals surface area contributed by atoms with E-state index in [-0.39, 0.29) is 0 Å². The monoisotopic (exact) mass is 443 g/mol. The minimum Gasteiger partial charge on any atom is -0.490 e. The summed E-state index contributed by atoms with van der Waals surface area (Å²) in [5, 5.41) is 0.493. The Balaban J connectivity index is 1.81. The van der Waals surface area contributed by atoms with Gasteiger partial charge in [-0.3, -0.25) is 4.99 Å². The van der Waals surface area contributed by atoms with Gasteiger partial charge in [-0.15, -0.1) is 0 Å². The van der Waals surface area contributed by atoms with Crippen molar-refractivity contribution in [1.82, 2.24) is 0 Å². The molecule has 0 fully saturated rings. The van der Waals surface area contributed by atoms with Gasteiger partial charge in [-0.2, -0.15) is 0 Å². The van der Waals surface area contributed by atoms with Crippen LogP contribution in [0.1, 0.15) is 18.1 Å². The van der Waals surface area contributed by atoms with E-state index in [1.54, 1.807) is 6.21 Å². The molecule has 0 aliphatic carbocycles. The third kappa shape index (κ3) is 5.59. The lowest BCUT2D eigenvalue weighted by molar-refractivity contribution is 0.269. The summed E-state index contributed by atoms with van der Waals surface area (Å²) in [6.07, 6.45) is 1.77. The normalized spacial score (nSPS) is 10.9. The molecular formula is C22H19BrClNO2. The molecule has 5 heteroatoms. The summed E-state index contributed by atoms with van der Waals surface area (Å²) >= 11 is 9.90. The van der Waals surface area contributed by atoms with Gasteiger partial charge in [-0.05, 0) is 54.4 Å². The molecule has 27 heavy (non-hydrogen) atoms. The van der Waals surface area contributed by atoms with Crippen LogP contribution in [0.25, 0.3) is 0 Å². The van der Waals surface area contributed by atoms with Crippen molar-refractivity contribution in [2.75, 3.05) is 6.61 Å². The molecule has 0 amide bonds. The summed E-state index contributed by atoms with van der Waals surface area (Å²) in [5.41, 5.74) is 2.77. The molecule has 0 aliphatic heterocycles. The molecule has 0 heterocycles. The molecule has 0 atom stereocenters. The van der Waals surface area contributed by atoms with Crippen molar-refractivity contribution in [3.05, 3.63) is 87.4 Å². The largest absolute Gasteiger partial charge is 0.490 e. The molecule has 0 bridgehead atoms. The van der Waals surface area contributed by atoms with Gasteiger partial charge >= 0.3 is 0 Å². The lowest BCUT2D eigenvalue weighted by Crippen LogP contribution is -2.01. The fraction of sp³-hybridized carbons (Fsp3) is 0.136. The van der Waals surface area contributed by atoms with Gasteiger partial charge in [0.2, 0.25) is 0 Å². The number of hydrogen-bond donors (Lipinski definition) is 0. The zero-order chi connectivity index (χ0) is 19.1. The Bertz CT molecular complexity index is 912. The average Bonchev–Trinajstić information content (AvgIpc) is 2.68. The summed E-state index contributed by atoms with van der Waals surface area (Å²) < 4.78 is 12.7. The fourth-order valence-electron chi connectivity index (χ4n) is 2.46. The number of halogens is 2. The van der Waals surface area contributed by atoms with Crippen LogP contribution in [0.2, 0.25) is 5.02 Å². The summed E-state index contributed by atoms with van der Waals surface area (Å²) in [5.74, 6) is 1.15. The molecule has 3 aromatic rings. The Hall–Kier alpha value is -2.30. The second-order valence-corrected chi connectivity index (χ2v) is 7.09. The van der Waals surface area contributed by atoms with Crippen molar-refractivity contribution in [3.63, 3.8) is 0 Å². The SMILES string of the molecule is CCOc1cc(C=Nc2ccccc2)cc(Cl)c1OCc1ccc(Br)cc1. The molecule has 0 N–H and O–H groups in total. The third-order valence-electron chi connectivity index (χ3n) is 3.75. The van der Waals surface area contributed by atoms with E-state index in [4.69, 9.17) is 21.1 Å². The molecule has 0 radical (unpaired) electrons. The Kier molecular flexibility index (Phi) is 6.91. The first-order valence-electron chi connectivity index (χ1n) is 8.58. The maximum atomic E-state index is 6.47. The summed E-state index contributed by atoms with van der Waals surface area (Å²) in [4.78, 5) is 4.47. The lowest BCUT2D eigenvalue weighted by atomic mass is 10.2. The summed E-state index contributed by atoms with van der Waals surface area (Å²) in [6, 6.07) is 21.4. The van der Waals surface area contributed by atoms with Crippen molar-refractivity contribution < 1.29 is 9.47 Å². The average molecular weight is 445 g/mol. The maximum Gasteiger partial charge on any atom is 0.180 e. The molecule has 0 aliphatic rings. The number of ether oxygens (including phenoxy) is 2. The second kappa shape index (κ2) is 9.58. The fourth-order valence-corrected chi connectivity index (χ4v) is 3.00. The Morgan fingerprint density at radius 3 is 2.44 bits per heavy atom. The van der Waals surface area contributed by atoms with Crippen LogP contribution in [-0.2, 0) is 6.61 Å². The van der Waals surface area contributed by atoms with Crippen LogP contribution in [0, 0.1) is 0 Å². The molecular weight excluding hydrogens is 426 g/mol. The molecule has 138 valence electrons. The molecule has 0 unspecified atom stereocenters. The smallest absolute Gasteiger partial charge is 0.180 e. The first-order chi connectivity index (χ1) is 13.2. The van der Waals surface area contributed by atoms with Crippen molar-refractivity contribution in [2.24, 2.45) is 4.99 Å². The Morgan fingerprint density at radius 2 is 1.74 bits per heavy atom. The first kappa shape index (κ1) is 19.5. The zero-order valence-corrected chi connectivity index (χ0v) is 17.2. The van der Waals surface area contributed by atoms with Gasteiger partial charge in [0.1, 0.15) is 6.61 Å². The van der Waals surface area contributed by atoms with Crippen LogP contribution in [0.3, 0.4) is 0 Å². The van der Waals surface area contributed by atoms with Crippen LogP contribution in [-0.4, -0.2) is 12.8 Å². The standard InChI is InChI=1S/C22H19BrClNO2/c1-2-26-21-13-17(14-25-19-6-4-3-5-7-19)12-20(24)22(21)27-15-16-8-10-18(23)11-9-16/h3-14H,2,15H2,1H3. The van der Waals surface area contributed by atoms with Crippen molar-refractivity contribution >= 4 is 39.4 Å². The molecule has 3 nitrogen and oxygen atoms in total. The van der Waals surface area contributed by atoms with Crippen molar-refractivity contribution in [2.45, 2.75) is 13.5 Å². The third-order valence-corrected chi connectivity index (χ3v) is 4.56. The topological polar surface area (TPSA) is 30.8 Å². The molecule has 3 rings (SSSR count). The zero-order valence-electron chi connectivity index (χ0n) is 14.9. The van der Waals surface area contributed by atoms with E-state index >= 15 is 0 Å². The van der Waals surface area contributed by atoms with Gasteiger partial charge < -0.3 is 9.47 Å². The highest BCUT2D eigenvalue weighted by Crippen LogP contribution is 2.37. The summed E-state index contributed by atoms with van der Waals surface area (Å²) in [7, 11) is 0. The van der Waals surface area contributed by atoms with Crippen LogP contribution < -0.4 is 9.47 Å². The lowest BCUT2D eigenvalue weighted by Gasteiger charge is -2.14. The van der Waals surface area contributed by atoms with E-state index in [0.29, 0.717) is 29.7 Å². The Morgan fingerprint density at radius 1 is 1.00 bits per heavy atom. The van der Waals surface area contributed by atoms with Crippen LogP contribution in [0.5, 0.6) is 11.5 Å². The molecule has 0 saturated carbocycles. The Labute approximate surface area is 172 Å². The van der Waals surface area contributed by atoms with E-state index in [0.717, 1.165) is 21.3 Å². The predicted octanol–water partition coefficient (Wildman–Crippen LogP) is 6.83. The van der Waals surface area contributed by atoms with Crippen molar-refractivity contribution in [3.8, 4) is 11.5 Å². The van der Waals surface area contributed by atoms with Crippen molar-refractivity contribution in [1.29, 1.82) is 0 Å². The number of rotatable bonds is 7.